The Morgan fingerprint density at radius 3 is 2.77 bits per heavy atom. The molecule has 1 aliphatic carbocycles. The van der Waals surface area contributed by atoms with Gasteiger partial charge in [0.05, 0.1) is 12.2 Å². The molecular formula is C23H37N3O4. The van der Waals surface area contributed by atoms with Crippen LogP contribution in [0.4, 0.5) is 0 Å². The number of rotatable bonds is 8. The SMILES string of the molecule is COCCc1noc(CC2CCOC3(CCN(C(=O)CCC4CCCC4)CC3)C2)n1. The molecular weight excluding hydrogens is 382 g/mol. The first-order chi connectivity index (χ1) is 14.7. The number of carbonyl (C=O) groups is 1. The highest BCUT2D eigenvalue weighted by Gasteiger charge is 2.41. The summed E-state index contributed by atoms with van der Waals surface area (Å²) in [7, 11) is 1.68. The number of likely N-dealkylation sites (tertiary alicyclic amines) is 1. The first kappa shape index (κ1) is 21.8. The second kappa shape index (κ2) is 10.2. The van der Waals surface area contributed by atoms with E-state index in [0.717, 1.165) is 82.3 Å². The lowest BCUT2D eigenvalue weighted by Gasteiger charge is -2.46. The first-order valence-electron chi connectivity index (χ1n) is 11.9. The number of nitrogens with zero attached hydrogens (tertiary/aromatic N) is 3. The molecule has 7 heteroatoms. The fourth-order valence-corrected chi connectivity index (χ4v) is 5.52. The molecule has 4 rings (SSSR count). The van der Waals surface area contributed by atoms with Crippen molar-refractivity contribution in [3.05, 3.63) is 11.7 Å². The molecule has 0 aromatic carbocycles. The molecule has 3 fully saturated rings. The van der Waals surface area contributed by atoms with Crippen LogP contribution < -0.4 is 0 Å². The van der Waals surface area contributed by atoms with E-state index >= 15 is 0 Å². The van der Waals surface area contributed by atoms with Gasteiger partial charge in [0.15, 0.2) is 5.82 Å². The lowest BCUT2D eigenvalue weighted by atomic mass is 9.78. The van der Waals surface area contributed by atoms with Crippen molar-refractivity contribution < 1.29 is 18.8 Å². The zero-order valence-electron chi connectivity index (χ0n) is 18.4. The highest BCUT2D eigenvalue weighted by atomic mass is 16.5. The minimum absolute atomic E-state index is 0.0793. The van der Waals surface area contributed by atoms with Crippen molar-refractivity contribution in [1.82, 2.24) is 15.0 Å². The van der Waals surface area contributed by atoms with Crippen molar-refractivity contribution in [2.24, 2.45) is 11.8 Å². The van der Waals surface area contributed by atoms with Gasteiger partial charge in [-0.3, -0.25) is 4.79 Å². The molecule has 1 aromatic rings. The zero-order chi connectivity index (χ0) is 20.8. The molecule has 7 nitrogen and oxygen atoms in total. The lowest BCUT2D eigenvalue weighted by molar-refractivity contribution is -0.147. The van der Waals surface area contributed by atoms with Crippen LogP contribution in [-0.4, -0.2) is 60.0 Å². The maximum absolute atomic E-state index is 12.7. The van der Waals surface area contributed by atoms with E-state index in [-0.39, 0.29) is 5.60 Å². The maximum Gasteiger partial charge on any atom is 0.226 e. The molecule has 3 heterocycles. The van der Waals surface area contributed by atoms with E-state index < -0.39 is 0 Å². The van der Waals surface area contributed by atoms with Crippen LogP contribution in [0.3, 0.4) is 0 Å². The number of hydrogen-bond acceptors (Lipinski definition) is 6. The third kappa shape index (κ3) is 5.61. The summed E-state index contributed by atoms with van der Waals surface area (Å²) in [6, 6.07) is 0. The van der Waals surface area contributed by atoms with E-state index in [2.05, 4.69) is 15.0 Å². The Balaban J connectivity index is 1.23. The van der Waals surface area contributed by atoms with E-state index in [9.17, 15) is 4.79 Å². The van der Waals surface area contributed by atoms with Gasteiger partial charge >= 0.3 is 0 Å². The number of hydrogen-bond donors (Lipinski definition) is 0. The molecule has 2 saturated heterocycles. The summed E-state index contributed by atoms with van der Waals surface area (Å²) >= 11 is 0. The largest absolute Gasteiger partial charge is 0.384 e. The number of methoxy groups -OCH3 is 1. The van der Waals surface area contributed by atoms with Crippen LogP contribution in [-0.2, 0) is 27.1 Å². The standard InChI is InChI=1S/C23H37N3O4/c1-28-14-9-20-24-21(30-25-20)16-19-8-15-29-23(17-19)10-12-26(13-11-23)22(27)7-6-18-4-2-3-5-18/h18-19H,2-17H2,1H3. The summed E-state index contributed by atoms with van der Waals surface area (Å²) in [5, 5.41) is 4.06. The van der Waals surface area contributed by atoms with Crippen molar-refractivity contribution in [1.29, 1.82) is 0 Å². The Morgan fingerprint density at radius 2 is 2.00 bits per heavy atom. The number of aromatic nitrogens is 2. The van der Waals surface area contributed by atoms with Crippen molar-refractivity contribution in [2.45, 2.75) is 82.7 Å². The average molecular weight is 420 g/mol. The highest BCUT2D eigenvalue weighted by molar-refractivity contribution is 5.76. The Morgan fingerprint density at radius 1 is 1.20 bits per heavy atom. The van der Waals surface area contributed by atoms with E-state index in [4.69, 9.17) is 14.0 Å². The van der Waals surface area contributed by atoms with Gasteiger partial charge in [-0.1, -0.05) is 30.8 Å². The molecule has 1 atom stereocenters. The normalized spacial score (nSPS) is 24.6. The lowest BCUT2D eigenvalue weighted by Crippen LogP contribution is -2.51. The summed E-state index contributed by atoms with van der Waals surface area (Å²) in [4.78, 5) is 19.2. The van der Waals surface area contributed by atoms with E-state index in [1.165, 1.54) is 25.7 Å². The van der Waals surface area contributed by atoms with Gasteiger partial charge in [0.25, 0.3) is 0 Å². The van der Waals surface area contributed by atoms with Gasteiger partial charge < -0.3 is 18.9 Å². The van der Waals surface area contributed by atoms with Crippen LogP contribution in [0, 0.1) is 11.8 Å². The van der Waals surface area contributed by atoms with Crippen LogP contribution in [0.1, 0.15) is 75.9 Å². The van der Waals surface area contributed by atoms with Crippen LogP contribution in [0.2, 0.25) is 0 Å². The van der Waals surface area contributed by atoms with Gasteiger partial charge in [0.1, 0.15) is 0 Å². The van der Waals surface area contributed by atoms with Crippen molar-refractivity contribution in [3.63, 3.8) is 0 Å². The number of amides is 1. The molecule has 1 unspecified atom stereocenters. The van der Waals surface area contributed by atoms with Gasteiger partial charge in [-0.2, -0.15) is 4.98 Å². The fraction of sp³-hybridized carbons (Fsp3) is 0.870. The van der Waals surface area contributed by atoms with Crippen molar-refractivity contribution >= 4 is 5.91 Å². The zero-order valence-corrected chi connectivity index (χ0v) is 18.4. The molecule has 30 heavy (non-hydrogen) atoms. The van der Waals surface area contributed by atoms with Gasteiger partial charge in [0.2, 0.25) is 11.8 Å². The molecule has 2 aliphatic heterocycles. The average Bonchev–Trinajstić information content (AvgIpc) is 3.43. The third-order valence-electron chi connectivity index (χ3n) is 7.37. The van der Waals surface area contributed by atoms with Crippen LogP contribution in [0.25, 0.3) is 0 Å². The molecule has 0 radical (unpaired) electrons. The highest BCUT2D eigenvalue weighted by Crippen LogP contribution is 2.39. The fourth-order valence-electron chi connectivity index (χ4n) is 5.52. The molecule has 3 aliphatic rings. The van der Waals surface area contributed by atoms with E-state index in [1.54, 1.807) is 7.11 Å². The maximum atomic E-state index is 12.7. The second-order valence-electron chi connectivity index (χ2n) is 9.51. The van der Waals surface area contributed by atoms with Gasteiger partial charge in [-0.15, -0.1) is 0 Å². The predicted octanol–water partition coefficient (Wildman–Crippen LogP) is 3.56. The van der Waals surface area contributed by atoms with Crippen LogP contribution in [0.15, 0.2) is 4.52 Å². The molecule has 1 saturated carbocycles. The number of ether oxygens (including phenoxy) is 2. The monoisotopic (exact) mass is 419 g/mol. The Kier molecular flexibility index (Phi) is 7.41. The molecule has 168 valence electrons. The summed E-state index contributed by atoms with van der Waals surface area (Å²) in [6.07, 6.45) is 12.6. The molecule has 0 bridgehead atoms. The summed E-state index contributed by atoms with van der Waals surface area (Å²) in [6.45, 7) is 3.05. The van der Waals surface area contributed by atoms with Gasteiger partial charge in [-0.25, -0.2) is 0 Å². The second-order valence-corrected chi connectivity index (χ2v) is 9.51. The topological polar surface area (TPSA) is 77.7 Å². The van der Waals surface area contributed by atoms with Crippen molar-refractivity contribution in [3.8, 4) is 0 Å². The molecule has 1 spiro atoms. The molecule has 1 amide bonds. The van der Waals surface area contributed by atoms with Crippen LogP contribution in [0.5, 0.6) is 0 Å². The van der Waals surface area contributed by atoms with Crippen molar-refractivity contribution in [2.75, 3.05) is 33.4 Å². The minimum atomic E-state index is -0.0793. The predicted molar refractivity (Wildman–Crippen MR) is 112 cm³/mol. The summed E-state index contributed by atoms with van der Waals surface area (Å²) < 4.78 is 16.8. The van der Waals surface area contributed by atoms with E-state index in [1.807, 2.05) is 0 Å². The number of carbonyl (C=O) groups excluding carboxylic acids is 1. The van der Waals surface area contributed by atoms with E-state index in [0.29, 0.717) is 24.9 Å². The Bertz CT molecular complexity index is 678. The first-order valence-corrected chi connectivity index (χ1v) is 11.9. The number of piperidine rings is 1. The molecule has 0 N–H and O–H groups in total. The minimum Gasteiger partial charge on any atom is -0.384 e. The Hall–Kier alpha value is -1.47. The molecule has 1 aromatic heterocycles. The quantitative estimate of drug-likeness (QED) is 0.641. The van der Waals surface area contributed by atoms with Gasteiger partial charge in [0, 0.05) is 46.1 Å². The summed E-state index contributed by atoms with van der Waals surface area (Å²) in [5.41, 5.74) is -0.0793. The third-order valence-corrected chi connectivity index (χ3v) is 7.37. The Labute approximate surface area is 179 Å². The summed E-state index contributed by atoms with van der Waals surface area (Å²) in [5.74, 6) is 3.07. The van der Waals surface area contributed by atoms with Crippen LogP contribution >= 0.6 is 0 Å². The van der Waals surface area contributed by atoms with Gasteiger partial charge in [-0.05, 0) is 43.9 Å². The smallest absolute Gasteiger partial charge is 0.226 e.